The molecule has 7 heteroatoms. The minimum Gasteiger partial charge on any atom is -0.504 e. The van der Waals surface area contributed by atoms with Crippen molar-refractivity contribution in [3.63, 3.8) is 0 Å². The van der Waals surface area contributed by atoms with Crippen LogP contribution in [0.1, 0.15) is 16.7 Å². The van der Waals surface area contributed by atoms with Crippen LogP contribution in [0.25, 0.3) is 6.08 Å². The Bertz CT molecular complexity index is 1200. The molecule has 6 nitrogen and oxygen atoms in total. The molecule has 0 saturated heterocycles. The first kappa shape index (κ1) is 20.4. The Balaban J connectivity index is 1.71. The highest BCUT2D eigenvalue weighted by molar-refractivity contribution is 6.30. The summed E-state index contributed by atoms with van der Waals surface area (Å²) in [6.45, 7) is 0. The van der Waals surface area contributed by atoms with E-state index < -0.39 is 0 Å². The van der Waals surface area contributed by atoms with Crippen molar-refractivity contribution in [2.24, 2.45) is 10.1 Å². The number of ether oxygens (including phenoxy) is 1. The maximum Gasteiger partial charge on any atom is 0.298 e. The number of benzene rings is 3. The molecule has 1 N–H and O–H groups in total. The van der Waals surface area contributed by atoms with Gasteiger partial charge in [0.2, 0.25) is 0 Å². The highest BCUT2D eigenvalue weighted by Crippen LogP contribution is 2.26. The van der Waals surface area contributed by atoms with Gasteiger partial charge in [-0.25, -0.2) is 4.99 Å². The number of rotatable bonds is 5. The van der Waals surface area contributed by atoms with Gasteiger partial charge in [-0.2, -0.15) is 10.1 Å². The number of phenolic OH excluding ortho intramolecular Hbond substituents is 1. The zero-order chi connectivity index (χ0) is 21.8. The van der Waals surface area contributed by atoms with Gasteiger partial charge in [-0.15, -0.1) is 0 Å². The summed E-state index contributed by atoms with van der Waals surface area (Å²) in [5.41, 5.74) is 2.49. The van der Waals surface area contributed by atoms with Crippen LogP contribution in [0.3, 0.4) is 0 Å². The summed E-state index contributed by atoms with van der Waals surface area (Å²) in [4.78, 5) is 17.6. The molecule has 0 atom stereocenters. The fourth-order valence-corrected chi connectivity index (χ4v) is 3.13. The highest BCUT2D eigenvalue weighted by Gasteiger charge is 2.31. The van der Waals surface area contributed by atoms with Gasteiger partial charge in [0.1, 0.15) is 5.70 Å². The first-order valence-corrected chi connectivity index (χ1v) is 9.80. The van der Waals surface area contributed by atoms with Crippen molar-refractivity contribution in [2.45, 2.75) is 0 Å². The van der Waals surface area contributed by atoms with Gasteiger partial charge in [-0.1, -0.05) is 54.1 Å². The smallest absolute Gasteiger partial charge is 0.298 e. The molecule has 4 rings (SSSR count). The van der Waals surface area contributed by atoms with Crippen molar-refractivity contribution in [1.82, 2.24) is 5.01 Å². The highest BCUT2D eigenvalue weighted by atomic mass is 35.5. The van der Waals surface area contributed by atoms with Crippen LogP contribution >= 0.6 is 11.6 Å². The Morgan fingerprint density at radius 3 is 2.45 bits per heavy atom. The standard InChI is InChI=1S/C24H18ClN3O3/c1-31-22-14-17(9-12-21(22)29)15-26-28-23(18-5-3-2-4-6-18)27-20(24(28)30)13-16-7-10-19(25)11-8-16/h2-15,29H,1H3. The molecule has 0 saturated carbocycles. The van der Waals surface area contributed by atoms with Crippen LogP contribution in [0, 0.1) is 0 Å². The van der Waals surface area contributed by atoms with Gasteiger partial charge in [-0.05, 0) is 47.5 Å². The molecule has 0 spiro atoms. The molecule has 1 aliphatic rings. The Labute approximate surface area is 184 Å². The molecular weight excluding hydrogens is 414 g/mol. The number of halogens is 1. The monoisotopic (exact) mass is 431 g/mol. The van der Waals surface area contributed by atoms with E-state index in [0.717, 1.165) is 11.1 Å². The van der Waals surface area contributed by atoms with Crippen molar-refractivity contribution in [3.05, 3.63) is 100 Å². The van der Waals surface area contributed by atoms with Gasteiger partial charge < -0.3 is 9.84 Å². The van der Waals surface area contributed by atoms with Crippen molar-refractivity contribution in [1.29, 1.82) is 0 Å². The van der Waals surface area contributed by atoms with E-state index in [9.17, 15) is 9.90 Å². The number of carbonyl (C=O) groups excluding carboxylic acids is 1. The van der Waals surface area contributed by atoms with Gasteiger partial charge in [0.15, 0.2) is 17.3 Å². The minimum absolute atomic E-state index is 0.0246. The number of aromatic hydroxyl groups is 1. The van der Waals surface area contributed by atoms with Crippen LogP contribution < -0.4 is 4.74 Å². The van der Waals surface area contributed by atoms with Crippen LogP contribution in [0.5, 0.6) is 11.5 Å². The van der Waals surface area contributed by atoms with Gasteiger partial charge in [0, 0.05) is 10.6 Å². The number of hydrogen-bond donors (Lipinski definition) is 1. The van der Waals surface area contributed by atoms with E-state index in [-0.39, 0.29) is 17.4 Å². The van der Waals surface area contributed by atoms with E-state index in [0.29, 0.717) is 22.2 Å². The molecule has 3 aromatic rings. The van der Waals surface area contributed by atoms with Gasteiger partial charge in [0.25, 0.3) is 5.91 Å². The van der Waals surface area contributed by atoms with Crippen LogP contribution in [-0.4, -0.2) is 35.2 Å². The van der Waals surface area contributed by atoms with Gasteiger partial charge in [-0.3, -0.25) is 4.79 Å². The van der Waals surface area contributed by atoms with Gasteiger partial charge in [0.05, 0.1) is 13.3 Å². The first-order valence-electron chi connectivity index (χ1n) is 9.42. The summed E-state index contributed by atoms with van der Waals surface area (Å²) in [7, 11) is 1.47. The maximum atomic E-state index is 13.1. The molecule has 0 fully saturated rings. The lowest BCUT2D eigenvalue weighted by atomic mass is 10.2. The molecule has 31 heavy (non-hydrogen) atoms. The van der Waals surface area contributed by atoms with Crippen LogP contribution in [0.2, 0.25) is 5.02 Å². The predicted octanol–water partition coefficient (Wildman–Crippen LogP) is 4.72. The van der Waals surface area contributed by atoms with Crippen LogP contribution in [0.15, 0.2) is 88.6 Å². The third-order valence-corrected chi connectivity index (χ3v) is 4.82. The number of phenols is 1. The fraction of sp³-hybridized carbons (Fsp3) is 0.0417. The Morgan fingerprint density at radius 2 is 1.74 bits per heavy atom. The number of amidine groups is 1. The Morgan fingerprint density at radius 1 is 1.03 bits per heavy atom. The molecule has 1 aliphatic heterocycles. The zero-order valence-electron chi connectivity index (χ0n) is 16.6. The topological polar surface area (TPSA) is 74.5 Å². The number of carbonyl (C=O) groups is 1. The number of methoxy groups -OCH3 is 1. The van der Waals surface area contributed by atoms with E-state index in [1.54, 1.807) is 30.3 Å². The van der Waals surface area contributed by atoms with Gasteiger partial charge >= 0.3 is 0 Å². The van der Waals surface area contributed by atoms with E-state index in [4.69, 9.17) is 16.3 Å². The normalized spacial score (nSPS) is 15.0. The molecular formula is C24H18ClN3O3. The van der Waals surface area contributed by atoms with E-state index in [1.807, 2.05) is 42.5 Å². The number of hydrogen-bond acceptors (Lipinski definition) is 5. The molecule has 154 valence electrons. The molecule has 0 radical (unpaired) electrons. The SMILES string of the molecule is COc1cc(C=NN2C(=O)C(=Cc3ccc(Cl)cc3)N=C2c2ccccc2)ccc1O. The maximum absolute atomic E-state index is 13.1. The summed E-state index contributed by atoms with van der Waals surface area (Å²) in [6, 6.07) is 21.3. The molecule has 0 unspecified atom stereocenters. The average Bonchev–Trinajstić information content (AvgIpc) is 3.10. The second-order valence-corrected chi connectivity index (χ2v) is 7.11. The molecule has 0 aromatic heterocycles. The first-order chi connectivity index (χ1) is 15.0. The Kier molecular flexibility index (Phi) is 5.82. The van der Waals surface area contributed by atoms with Crippen molar-refractivity contribution >= 4 is 35.6 Å². The van der Waals surface area contributed by atoms with E-state index >= 15 is 0 Å². The number of hydrazone groups is 1. The average molecular weight is 432 g/mol. The summed E-state index contributed by atoms with van der Waals surface area (Å²) < 4.78 is 5.13. The van der Waals surface area contributed by atoms with Crippen molar-refractivity contribution in [2.75, 3.05) is 7.11 Å². The molecule has 0 aliphatic carbocycles. The van der Waals surface area contributed by atoms with Crippen molar-refractivity contribution < 1.29 is 14.6 Å². The third kappa shape index (κ3) is 4.49. The Hall–Kier alpha value is -3.90. The summed E-state index contributed by atoms with van der Waals surface area (Å²) in [5.74, 6) is 0.414. The summed E-state index contributed by atoms with van der Waals surface area (Å²) >= 11 is 5.95. The molecule has 1 heterocycles. The second-order valence-electron chi connectivity index (χ2n) is 6.68. The lowest BCUT2D eigenvalue weighted by Gasteiger charge is -2.12. The second kappa shape index (κ2) is 8.85. The number of nitrogens with zero attached hydrogens (tertiary/aromatic N) is 3. The zero-order valence-corrected chi connectivity index (χ0v) is 17.3. The van der Waals surface area contributed by atoms with E-state index in [1.165, 1.54) is 24.4 Å². The quantitative estimate of drug-likeness (QED) is 0.469. The lowest BCUT2D eigenvalue weighted by Crippen LogP contribution is -2.27. The van der Waals surface area contributed by atoms with Crippen LogP contribution in [0.4, 0.5) is 0 Å². The molecule has 1 amide bonds. The van der Waals surface area contributed by atoms with Crippen molar-refractivity contribution in [3.8, 4) is 11.5 Å². The summed E-state index contributed by atoms with van der Waals surface area (Å²) in [5, 5.41) is 16.0. The minimum atomic E-state index is -0.351. The van der Waals surface area contributed by atoms with Crippen LogP contribution in [-0.2, 0) is 4.79 Å². The third-order valence-electron chi connectivity index (χ3n) is 4.57. The fourth-order valence-electron chi connectivity index (χ4n) is 3.00. The molecule has 3 aromatic carbocycles. The lowest BCUT2D eigenvalue weighted by molar-refractivity contribution is -0.122. The number of aliphatic imine (C=N–C) groups is 1. The molecule has 0 bridgehead atoms. The largest absolute Gasteiger partial charge is 0.504 e. The number of amides is 1. The summed E-state index contributed by atoms with van der Waals surface area (Å²) in [6.07, 6.45) is 3.21. The van der Waals surface area contributed by atoms with E-state index in [2.05, 4.69) is 10.1 Å². The predicted molar refractivity (Wildman–Crippen MR) is 122 cm³/mol.